The smallest absolute Gasteiger partial charge is 0.319 e. The van der Waals surface area contributed by atoms with Crippen molar-refractivity contribution in [3.05, 3.63) is 77.4 Å². The summed E-state index contributed by atoms with van der Waals surface area (Å²) in [6.07, 6.45) is 0.795. The van der Waals surface area contributed by atoms with E-state index < -0.39 is 0 Å². The number of ether oxygens (including phenoxy) is 3. The molecule has 0 aromatic heterocycles. The highest BCUT2D eigenvalue weighted by Crippen LogP contribution is 2.31. The van der Waals surface area contributed by atoms with E-state index >= 15 is 0 Å². The molecule has 1 heterocycles. The van der Waals surface area contributed by atoms with Crippen LogP contribution in [0.2, 0.25) is 0 Å². The molecule has 0 radical (unpaired) electrons. The Bertz CT molecular complexity index is 1170. The summed E-state index contributed by atoms with van der Waals surface area (Å²) < 4.78 is 15.6. The molecule has 0 aliphatic carbocycles. The number of nitrogens with zero attached hydrogens (tertiary/aromatic N) is 1. The van der Waals surface area contributed by atoms with Crippen LogP contribution in [0.25, 0.3) is 0 Å². The molecule has 3 aromatic carbocycles. The molecular formula is C26H27N3O5. The highest BCUT2D eigenvalue weighted by molar-refractivity contribution is 6.07. The van der Waals surface area contributed by atoms with Crippen LogP contribution in [0.1, 0.15) is 21.5 Å². The number of carbonyl (C=O) groups is 2. The lowest BCUT2D eigenvalue weighted by Gasteiger charge is -2.18. The Balaban J connectivity index is 1.42. The first-order valence-corrected chi connectivity index (χ1v) is 10.9. The van der Waals surface area contributed by atoms with Gasteiger partial charge < -0.3 is 29.7 Å². The summed E-state index contributed by atoms with van der Waals surface area (Å²) in [5.74, 6) is 1.80. The summed E-state index contributed by atoms with van der Waals surface area (Å²) in [5.41, 5.74) is 4.03. The summed E-state index contributed by atoms with van der Waals surface area (Å²) in [5, 5.41) is 5.64. The Kier molecular flexibility index (Phi) is 6.87. The van der Waals surface area contributed by atoms with Crippen molar-refractivity contribution in [2.24, 2.45) is 0 Å². The van der Waals surface area contributed by atoms with Gasteiger partial charge >= 0.3 is 6.03 Å². The lowest BCUT2D eigenvalue weighted by Crippen LogP contribution is -2.29. The van der Waals surface area contributed by atoms with E-state index in [1.54, 1.807) is 68.7 Å². The van der Waals surface area contributed by atoms with E-state index in [9.17, 15) is 9.59 Å². The minimum Gasteiger partial charge on any atom is -0.497 e. The van der Waals surface area contributed by atoms with Crippen LogP contribution in [-0.2, 0) is 13.0 Å². The molecule has 3 amide bonds. The first-order valence-electron chi connectivity index (χ1n) is 10.9. The van der Waals surface area contributed by atoms with E-state index in [1.807, 2.05) is 18.2 Å². The molecule has 8 heteroatoms. The summed E-state index contributed by atoms with van der Waals surface area (Å²) >= 11 is 0. The fraction of sp³-hybridized carbons (Fsp3) is 0.231. The van der Waals surface area contributed by atoms with E-state index in [1.165, 1.54) is 0 Å². The van der Waals surface area contributed by atoms with Gasteiger partial charge in [0.2, 0.25) is 0 Å². The van der Waals surface area contributed by atoms with Crippen LogP contribution in [0.5, 0.6) is 17.2 Å². The fourth-order valence-electron chi connectivity index (χ4n) is 3.87. The van der Waals surface area contributed by atoms with Gasteiger partial charge in [0.1, 0.15) is 17.2 Å². The Morgan fingerprint density at radius 3 is 2.18 bits per heavy atom. The average Bonchev–Trinajstić information content (AvgIpc) is 3.30. The molecule has 4 rings (SSSR count). The van der Waals surface area contributed by atoms with Crippen LogP contribution in [0.3, 0.4) is 0 Å². The summed E-state index contributed by atoms with van der Waals surface area (Å²) in [7, 11) is 4.70. The van der Waals surface area contributed by atoms with Crippen LogP contribution in [-0.4, -0.2) is 39.8 Å². The SMILES string of the molecule is COc1ccc(C(=O)N2CCc3ccc(CNC(=O)Nc4cc(OC)cc(OC)c4)cc32)cc1. The van der Waals surface area contributed by atoms with Crippen LogP contribution >= 0.6 is 0 Å². The molecule has 0 bridgehead atoms. The molecule has 0 saturated heterocycles. The maximum Gasteiger partial charge on any atom is 0.319 e. The number of amides is 3. The van der Waals surface area contributed by atoms with Crippen LogP contribution < -0.4 is 29.7 Å². The standard InChI is InChI=1S/C26H27N3O5/c1-32-21-8-6-19(7-9-21)25(30)29-11-10-18-5-4-17(12-24(18)29)16-27-26(31)28-20-13-22(33-2)15-23(14-20)34-3/h4-9,12-15H,10-11,16H2,1-3H3,(H2,27,28,31). The summed E-state index contributed by atoms with van der Waals surface area (Å²) in [6, 6.07) is 17.8. The van der Waals surface area contributed by atoms with Gasteiger partial charge in [-0.1, -0.05) is 12.1 Å². The van der Waals surface area contributed by atoms with E-state index in [-0.39, 0.29) is 11.9 Å². The molecule has 0 spiro atoms. The molecule has 0 fully saturated rings. The molecule has 8 nitrogen and oxygen atoms in total. The fourth-order valence-corrected chi connectivity index (χ4v) is 3.87. The monoisotopic (exact) mass is 461 g/mol. The number of benzene rings is 3. The number of hydrogen-bond acceptors (Lipinski definition) is 5. The minimum atomic E-state index is -0.359. The van der Waals surface area contributed by atoms with Gasteiger partial charge in [0.25, 0.3) is 5.91 Å². The number of urea groups is 1. The highest BCUT2D eigenvalue weighted by atomic mass is 16.5. The zero-order chi connectivity index (χ0) is 24.1. The first-order chi connectivity index (χ1) is 16.5. The number of rotatable bonds is 7. The average molecular weight is 462 g/mol. The maximum absolute atomic E-state index is 13.1. The third kappa shape index (κ3) is 5.06. The van der Waals surface area contributed by atoms with Crippen molar-refractivity contribution < 1.29 is 23.8 Å². The maximum atomic E-state index is 13.1. The van der Waals surface area contributed by atoms with Crippen LogP contribution in [0.15, 0.2) is 60.7 Å². The molecule has 3 aromatic rings. The number of hydrogen-bond donors (Lipinski definition) is 2. The van der Waals surface area contributed by atoms with E-state index in [0.717, 1.165) is 23.2 Å². The zero-order valence-corrected chi connectivity index (χ0v) is 19.4. The Morgan fingerprint density at radius 2 is 1.53 bits per heavy atom. The van der Waals surface area contributed by atoms with Crippen molar-refractivity contribution in [2.75, 3.05) is 38.1 Å². The van der Waals surface area contributed by atoms with Gasteiger partial charge in [0, 0.05) is 48.2 Å². The normalized spacial score (nSPS) is 12.0. The van der Waals surface area contributed by atoms with Gasteiger partial charge in [-0.25, -0.2) is 4.79 Å². The third-order valence-corrected chi connectivity index (χ3v) is 5.69. The van der Waals surface area contributed by atoms with Crippen LogP contribution in [0.4, 0.5) is 16.2 Å². The van der Waals surface area contributed by atoms with Crippen molar-refractivity contribution in [1.29, 1.82) is 0 Å². The molecule has 1 aliphatic rings. The van der Waals surface area contributed by atoms with Crippen molar-refractivity contribution >= 4 is 23.3 Å². The number of carbonyl (C=O) groups excluding carboxylic acids is 2. The summed E-state index contributed by atoms with van der Waals surface area (Å²) in [6.45, 7) is 0.931. The van der Waals surface area contributed by atoms with Gasteiger partial charge in [0.05, 0.1) is 21.3 Å². The predicted octanol–water partition coefficient (Wildman–Crippen LogP) is 4.24. The quantitative estimate of drug-likeness (QED) is 0.550. The van der Waals surface area contributed by atoms with Crippen molar-refractivity contribution in [1.82, 2.24) is 5.32 Å². The number of fused-ring (bicyclic) bond motifs is 1. The topological polar surface area (TPSA) is 89.1 Å². The lowest BCUT2D eigenvalue weighted by molar-refractivity contribution is 0.0989. The van der Waals surface area contributed by atoms with Crippen LogP contribution in [0, 0.1) is 0 Å². The molecule has 2 N–H and O–H groups in total. The predicted molar refractivity (Wildman–Crippen MR) is 130 cm³/mol. The second-order valence-electron chi connectivity index (χ2n) is 7.81. The second-order valence-corrected chi connectivity index (χ2v) is 7.81. The minimum absolute atomic E-state index is 0.0590. The van der Waals surface area contributed by atoms with E-state index in [4.69, 9.17) is 14.2 Å². The van der Waals surface area contributed by atoms with E-state index in [2.05, 4.69) is 10.6 Å². The molecule has 176 valence electrons. The van der Waals surface area contributed by atoms with Gasteiger partial charge in [-0.3, -0.25) is 4.79 Å². The lowest BCUT2D eigenvalue weighted by atomic mass is 10.1. The van der Waals surface area contributed by atoms with Crippen molar-refractivity contribution in [2.45, 2.75) is 13.0 Å². The highest BCUT2D eigenvalue weighted by Gasteiger charge is 2.26. The molecular weight excluding hydrogens is 434 g/mol. The molecule has 0 atom stereocenters. The first kappa shape index (κ1) is 23.0. The molecule has 0 saturated carbocycles. The third-order valence-electron chi connectivity index (χ3n) is 5.69. The zero-order valence-electron chi connectivity index (χ0n) is 19.4. The van der Waals surface area contributed by atoms with Crippen molar-refractivity contribution in [3.63, 3.8) is 0 Å². The largest absolute Gasteiger partial charge is 0.497 e. The van der Waals surface area contributed by atoms with Gasteiger partial charge in [-0.05, 0) is 47.9 Å². The number of methoxy groups -OCH3 is 3. The van der Waals surface area contributed by atoms with E-state index in [0.29, 0.717) is 41.6 Å². The van der Waals surface area contributed by atoms with Gasteiger partial charge in [0.15, 0.2) is 0 Å². The van der Waals surface area contributed by atoms with Crippen molar-refractivity contribution in [3.8, 4) is 17.2 Å². The number of nitrogens with one attached hydrogen (secondary N) is 2. The van der Waals surface area contributed by atoms with Gasteiger partial charge in [-0.2, -0.15) is 0 Å². The summed E-state index contributed by atoms with van der Waals surface area (Å²) in [4.78, 5) is 27.3. The number of anilines is 2. The molecule has 1 aliphatic heterocycles. The van der Waals surface area contributed by atoms with Gasteiger partial charge in [-0.15, -0.1) is 0 Å². The Labute approximate surface area is 198 Å². The Hall–Kier alpha value is -4.20. The second kappa shape index (κ2) is 10.2. The molecule has 34 heavy (non-hydrogen) atoms. The Morgan fingerprint density at radius 1 is 0.853 bits per heavy atom. The molecule has 0 unspecified atom stereocenters.